The second-order valence-corrected chi connectivity index (χ2v) is 4.67. The third kappa shape index (κ3) is 2.88. The Labute approximate surface area is 107 Å². The molecule has 0 aliphatic carbocycles. The Hall–Kier alpha value is -1.42. The highest BCUT2D eigenvalue weighted by Gasteiger charge is 2.16. The van der Waals surface area contributed by atoms with Gasteiger partial charge in [-0.2, -0.15) is 0 Å². The van der Waals surface area contributed by atoms with E-state index in [9.17, 15) is 9.18 Å². The van der Waals surface area contributed by atoms with Crippen LogP contribution >= 0.6 is 0 Å². The molecule has 0 bridgehead atoms. The van der Waals surface area contributed by atoms with Crippen LogP contribution < -0.4 is 10.2 Å². The minimum absolute atomic E-state index is 0.0819. The number of anilines is 1. The summed E-state index contributed by atoms with van der Waals surface area (Å²) in [6, 6.07) is 4.79. The van der Waals surface area contributed by atoms with E-state index < -0.39 is 0 Å². The minimum atomic E-state index is -0.293. The number of likely N-dealkylation sites (N-methyl/N-ethyl adjacent to an activating group) is 1. The molecule has 98 valence electrons. The van der Waals surface area contributed by atoms with Crippen molar-refractivity contribution >= 4 is 11.5 Å². The fraction of sp³-hybridized carbons (Fsp3) is 0.500. The van der Waals surface area contributed by atoms with E-state index in [1.807, 2.05) is 0 Å². The minimum Gasteiger partial charge on any atom is -0.369 e. The molecule has 3 nitrogen and oxygen atoms in total. The Morgan fingerprint density at radius 1 is 1.33 bits per heavy atom. The van der Waals surface area contributed by atoms with Crippen LogP contribution in [0.5, 0.6) is 0 Å². The molecule has 0 unspecified atom stereocenters. The van der Waals surface area contributed by atoms with E-state index in [0.29, 0.717) is 11.3 Å². The van der Waals surface area contributed by atoms with Crippen LogP contribution in [0.1, 0.15) is 29.6 Å². The van der Waals surface area contributed by atoms with Gasteiger partial charge in [0.2, 0.25) is 0 Å². The Morgan fingerprint density at radius 3 is 2.67 bits per heavy atom. The van der Waals surface area contributed by atoms with Crippen molar-refractivity contribution in [2.45, 2.75) is 19.3 Å². The predicted molar refractivity (Wildman–Crippen MR) is 70.7 cm³/mol. The second kappa shape index (κ2) is 5.96. The zero-order chi connectivity index (χ0) is 13.0. The Bertz CT molecular complexity index is 428. The number of rotatable bonds is 4. The fourth-order valence-corrected chi connectivity index (χ4v) is 2.33. The van der Waals surface area contributed by atoms with Gasteiger partial charge in [0, 0.05) is 18.7 Å². The average Bonchev–Trinajstić information content (AvgIpc) is 2.40. The van der Waals surface area contributed by atoms with Crippen LogP contribution in [0.15, 0.2) is 18.2 Å². The largest absolute Gasteiger partial charge is 0.369 e. The first-order valence-corrected chi connectivity index (χ1v) is 6.44. The number of hydrogen-bond donors (Lipinski definition) is 1. The molecular weight excluding hydrogens is 231 g/mol. The normalized spacial score (nSPS) is 15.8. The number of carbonyl (C=O) groups excluding carboxylic acids is 1. The molecule has 0 amide bonds. The highest BCUT2D eigenvalue weighted by Crippen LogP contribution is 2.24. The molecule has 1 aromatic rings. The quantitative estimate of drug-likeness (QED) is 0.832. The van der Waals surface area contributed by atoms with E-state index in [4.69, 9.17) is 0 Å². The molecule has 1 aliphatic rings. The molecule has 0 spiro atoms. The summed E-state index contributed by atoms with van der Waals surface area (Å²) in [4.78, 5) is 13.7. The van der Waals surface area contributed by atoms with Gasteiger partial charge in [-0.1, -0.05) is 0 Å². The van der Waals surface area contributed by atoms with Crippen molar-refractivity contribution in [3.8, 4) is 0 Å². The van der Waals surface area contributed by atoms with Gasteiger partial charge in [0.15, 0.2) is 5.78 Å². The Morgan fingerprint density at radius 2 is 2.06 bits per heavy atom. The van der Waals surface area contributed by atoms with E-state index >= 15 is 0 Å². The maximum Gasteiger partial charge on any atom is 0.176 e. The molecule has 0 radical (unpaired) electrons. The third-order valence-corrected chi connectivity index (χ3v) is 3.30. The molecule has 0 saturated carbocycles. The number of ketones is 1. The lowest BCUT2D eigenvalue weighted by atomic mass is 10.1. The van der Waals surface area contributed by atoms with E-state index in [-0.39, 0.29) is 18.1 Å². The summed E-state index contributed by atoms with van der Waals surface area (Å²) < 4.78 is 14.0. The van der Waals surface area contributed by atoms with Crippen molar-refractivity contribution in [2.24, 2.45) is 0 Å². The smallest absolute Gasteiger partial charge is 0.176 e. The van der Waals surface area contributed by atoms with Gasteiger partial charge < -0.3 is 10.2 Å². The zero-order valence-electron chi connectivity index (χ0n) is 10.7. The first-order valence-electron chi connectivity index (χ1n) is 6.44. The summed E-state index contributed by atoms with van der Waals surface area (Å²) in [5.41, 5.74) is 1.05. The van der Waals surface area contributed by atoms with E-state index in [0.717, 1.165) is 25.9 Å². The van der Waals surface area contributed by atoms with Gasteiger partial charge in [-0.15, -0.1) is 0 Å². The molecular formula is C14H19FN2O. The lowest BCUT2D eigenvalue weighted by Gasteiger charge is -2.29. The van der Waals surface area contributed by atoms with Gasteiger partial charge in [-0.05, 0) is 44.5 Å². The Kier molecular flexibility index (Phi) is 4.31. The number of halogens is 1. The molecule has 0 aromatic heterocycles. The molecule has 1 heterocycles. The number of Topliss-reactive ketones (excluding diaryl/α,β-unsaturated/α-hetero) is 1. The van der Waals surface area contributed by atoms with E-state index in [1.54, 1.807) is 19.2 Å². The van der Waals surface area contributed by atoms with Gasteiger partial charge >= 0.3 is 0 Å². The summed E-state index contributed by atoms with van der Waals surface area (Å²) in [6.45, 7) is 2.05. The molecule has 1 saturated heterocycles. The third-order valence-electron chi connectivity index (χ3n) is 3.30. The number of hydrogen-bond acceptors (Lipinski definition) is 3. The summed E-state index contributed by atoms with van der Waals surface area (Å²) in [5.74, 6) is -0.375. The van der Waals surface area contributed by atoms with Crippen molar-refractivity contribution in [3.63, 3.8) is 0 Å². The molecule has 18 heavy (non-hydrogen) atoms. The molecule has 1 aliphatic heterocycles. The zero-order valence-corrected chi connectivity index (χ0v) is 10.7. The summed E-state index contributed by atoms with van der Waals surface area (Å²) in [6.07, 6.45) is 3.44. The number of nitrogens with zero attached hydrogens (tertiary/aromatic N) is 1. The summed E-state index contributed by atoms with van der Waals surface area (Å²) in [7, 11) is 1.70. The van der Waals surface area contributed by atoms with Gasteiger partial charge in [0.05, 0.1) is 12.2 Å². The molecule has 1 N–H and O–H groups in total. The van der Waals surface area contributed by atoms with Crippen LogP contribution in [-0.4, -0.2) is 32.5 Å². The average molecular weight is 250 g/mol. The van der Waals surface area contributed by atoms with Crippen molar-refractivity contribution in [2.75, 3.05) is 31.6 Å². The lowest BCUT2D eigenvalue weighted by molar-refractivity contribution is 0.0993. The maximum atomic E-state index is 14.0. The number of piperidine rings is 1. The van der Waals surface area contributed by atoms with Crippen molar-refractivity contribution in [1.82, 2.24) is 5.32 Å². The monoisotopic (exact) mass is 250 g/mol. The standard InChI is InChI=1S/C14H19FN2O/c1-16-10-14(18)11-5-6-13(12(15)9-11)17-7-3-2-4-8-17/h5-6,9,16H,2-4,7-8,10H2,1H3. The lowest BCUT2D eigenvalue weighted by Crippen LogP contribution is -2.30. The van der Waals surface area contributed by atoms with Crippen LogP contribution in [-0.2, 0) is 0 Å². The van der Waals surface area contributed by atoms with Crippen LogP contribution in [0.4, 0.5) is 10.1 Å². The van der Waals surface area contributed by atoms with Gasteiger partial charge in [0.1, 0.15) is 5.82 Å². The second-order valence-electron chi connectivity index (χ2n) is 4.67. The first kappa shape index (κ1) is 13.0. The van der Waals surface area contributed by atoms with Gasteiger partial charge in [-0.25, -0.2) is 4.39 Å². The molecule has 2 rings (SSSR count). The summed E-state index contributed by atoms with van der Waals surface area (Å²) in [5, 5.41) is 2.78. The summed E-state index contributed by atoms with van der Waals surface area (Å²) >= 11 is 0. The number of benzene rings is 1. The van der Waals surface area contributed by atoms with E-state index in [2.05, 4.69) is 10.2 Å². The highest BCUT2D eigenvalue weighted by molar-refractivity contribution is 5.97. The fourth-order valence-electron chi connectivity index (χ4n) is 2.33. The van der Waals surface area contributed by atoms with Crippen molar-refractivity contribution < 1.29 is 9.18 Å². The van der Waals surface area contributed by atoms with Crippen LogP contribution in [0.25, 0.3) is 0 Å². The molecule has 4 heteroatoms. The number of carbonyl (C=O) groups is 1. The highest BCUT2D eigenvalue weighted by atomic mass is 19.1. The van der Waals surface area contributed by atoms with E-state index in [1.165, 1.54) is 12.5 Å². The SMILES string of the molecule is CNCC(=O)c1ccc(N2CCCCC2)c(F)c1. The molecule has 1 fully saturated rings. The Balaban J connectivity index is 2.16. The molecule has 0 atom stereocenters. The van der Waals surface area contributed by atoms with Crippen molar-refractivity contribution in [3.05, 3.63) is 29.6 Å². The van der Waals surface area contributed by atoms with Crippen LogP contribution in [0, 0.1) is 5.82 Å². The first-order chi connectivity index (χ1) is 8.72. The number of nitrogens with one attached hydrogen (secondary N) is 1. The van der Waals surface area contributed by atoms with Crippen LogP contribution in [0.2, 0.25) is 0 Å². The van der Waals surface area contributed by atoms with Gasteiger partial charge in [0.25, 0.3) is 0 Å². The molecule has 1 aromatic carbocycles. The maximum absolute atomic E-state index is 14.0. The van der Waals surface area contributed by atoms with Gasteiger partial charge in [-0.3, -0.25) is 4.79 Å². The predicted octanol–water partition coefficient (Wildman–Crippen LogP) is 2.22. The van der Waals surface area contributed by atoms with Crippen molar-refractivity contribution in [1.29, 1.82) is 0 Å². The topological polar surface area (TPSA) is 32.3 Å². The van der Waals surface area contributed by atoms with Crippen LogP contribution in [0.3, 0.4) is 0 Å².